The van der Waals surface area contributed by atoms with Gasteiger partial charge in [0.15, 0.2) is 6.54 Å². The fourth-order valence-electron chi connectivity index (χ4n) is 3.93. The van der Waals surface area contributed by atoms with E-state index in [4.69, 9.17) is 4.74 Å². The third kappa shape index (κ3) is 5.24. The molecule has 0 bridgehead atoms. The number of carbonyl (C=O) groups excluding carboxylic acids is 1. The highest BCUT2D eigenvalue weighted by molar-refractivity contribution is 7.89. The number of nitrogens with zero attached hydrogens (tertiary/aromatic N) is 2. The number of carbonyl (C=O) groups is 1. The van der Waals surface area contributed by atoms with Gasteiger partial charge in [-0.05, 0) is 56.9 Å². The summed E-state index contributed by atoms with van der Waals surface area (Å²) in [5.74, 6) is 0.808. The van der Waals surface area contributed by atoms with Crippen molar-refractivity contribution in [3.8, 4) is 5.75 Å². The van der Waals surface area contributed by atoms with Crippen LogP contribution in [0.3, 0.4) is 0 Å². The van der Waals surface area contributed by atoms with Gasteiger partial charge in [0.2, 0.25) is 10.0 Å². The van der Waals surface area contributed by atoms with Gasteiger partial charge >= 0.3 is 0 Å². The van der Waals surface area contributed by atoms with Crippen LogP contribution in [0.25, 0.3) is 0 Å². The van der Waals surface area contributed by atoms with E-state index in [1.54, 1.807) is 24.3 Å². The Kier molecular flexibility index (Phi) is 7.31. The molecule has 8 heteroatoms. The van der Waals surface area contributed by atoms with E-state index >= 15 is 0 Å². The Morgan fingerprint density at radius 1 is 1.00 bits per heavy atom. The van der Waals surface area contributed by atoms with E-state index in [0.29, 0.717) is 45.1 Å². The van der Waals surface area contributed by atoms with Gasteiger partial charge in [-0.2, -0.15) is 4.31 Å². The maximum Gasteiger partial charge on any atom is 0.277 e. The normalized spacial score (nSPS) is 20.0. The smallest absolute Gasteiger partial charge is 0.277 e. The van der Waals surface area contributed by atoms with Crippen molar-refractivity contribution in [3.63, 3.8) is 0 Å². The fourth-order valence-corrected chi connectivity index (χ4v) is 5.35. The number of sulfonamides is 1. The van der Waals surface area contributed by atoms with Crippen molar-refractivity contribution in [1.29, 1.82) is 0 Å². The Balaban J connectivity index is 1.54. The SMILES string of the molecule is CCOc1ccc(S(=O)(=O)N2CCN(C(=O)C[NH+]3CCCCCC3)CC2)cc1. The van der Waals surface area contributed by atoms with Crippen LogP contribution in [-0.2, 0) is 14.8 Å². The number of hydrogen-bond donors (Lipinski definition) is 1. The summed E-state index contributed by atoms with van der Waals surface area (Å²) < 4.78 is 32.6. The Morgan fingerprint density at radius 3 is 2.18 bits per heavy atom. The van der Waals surface area contributed by atoms with Crippen LogP contribution in [0, 0.1) is 0 Å². The molecule has 2 aliphatic heterocycles. The number of quaternary nitrogens is 1. The maximum atomic E-state index is 12.9. The summed E-state index contributed by atoms with van der Waals surface area (Å²) in [6, 6.07) is 6.53. The molecule has 0 unspecified atom stereocenters. The first-order valence-electron chi connectivity index (χ1n) is 10.3. The van der Waals surface area contributed by atoms with Crippen LogP contribution >= 0.6 is 0 Å². The number of likely N-dealkylation sites (tertiary alicyclic amines) is 1. The second-order valence-corrected chi connectivity index (χ2v) is 9.47. The quantitative estimate of drug-likeness (QED) is 0.736. The maximum absolute atomic E-state index is 12.9. The van der Waals surface area contributed by atoms with Gasteiger partial charge in [0.05, 0.1) is 24.6 Å². The van der Waals surface area contributed by atoms with Crippen molar-refractivity contribution >= 4 is 15.9 Å². The molecule has 0 atom stereocenters. The molecule has 2 saturated heterocycles. The Morgan fingerprint density at radius 2 is 1.61 bits per heavy atom. The van der Waals surface area contributed by atoms with E-state index in [1.807, 2.05) is 11.8 Å². The van der Waals surface area contributed by atoms with Crippen molar-refractivity contribution < 1.29 is 22.8 Å². The van der Waals surface area contributed by atoms with E-state index in [-0.39, 0.29) is 10.8 Å². The topological polar surface area (TPSA) is 71.4 Å². The van der Waals surface area contributed by atoms with Crippen molar-refractivity contribution in [2.45, 2.75) is 37.5 Å². The summed E-state index contributed by atoms with van der Waals surface area (Å²) in [5, 5.41) is 0. The third-order valence-corrected chi connectivity index (χ3v) is 7.49. The summed E-state index contributed by atoms with van der Waals surface area (Å²) in [5.41, 5.74) is 0. The number of rotatable bonds is 6. The van der Waals surface area contributed by atoms with Gasteiger partial charge in [-0.1, -0.05) is 0 Å². The van der Waals surface area contributed by atoms with Gasteiger partial charge in [-0.25, -0.2) is 8.42 Å². The van der Waals surface area contributed by atoms with Gasteiger partial charge < -0.3 is 14.5 Å². The zero-order valence-electron chi connectivity index (χ0n) is 16.7. The molecule has 0 aliphatic carbocycles. The van der Waals surface area contributed by atoms with Gasteiger partial charge in [0, 0.05) is 26.2 Å². The summed E-state index contributed by atoms with van der Waals surface area (Å²) in [4.78, 5) is 16.1. The molecular weight excluding hydrogens is 378 g/mol. The number of hydrogen-bond acceptors (Lipinski definition) is 4. The molecule has 28 heavy (non-hydrogen) atoms. The predicted molar refractivity (Wildman–Crippen MR) is 107 cm³/mol. The minimum Gasteiger partial charge on any atom is -0.494 e. The van der Waals surface area contributed by atoms with Crippen molar-refractivity contribution in [1.82, 2.24) is 9.21 Å². The molecule has 3 rings (SSSR count). The number of amides is 1. The molecule has 1 N–H and O–H groups in total. The lowest BCUT2D eigenvalue weighted by molar-refractivity contribution is -0.891. The first-order valence-corrected chi connectivity index (χ1v) is 11.8. The lowest BCUT2D eigenvalue weighted by Crippen LogP contribution is -3.13. The average Bonchev–Trinajstić information content (AvgIpc) is 2.97. The van der Waals surface area contributed by atoms with Crippen molar-refractivity contribution in [2.75, 3.05) is 52.4 Å². The summed E-state index contributed by atoms with van der Waals surface area (Å²) in [7, 11) is -3.54. The first kappa shape index (κ1) is 21.1. The van der Waals surface area contributed by atoms with Gasteiger partial charge in [-0.15, -0.1) is 0 Å². The molecular formula is C20H32N3O4S+. The summed E-state index contributed by atoms with van der Waals surface area (Å²) in [6.07, 6.45) is 4.91. The minimum absolute atomic E-state index is 0.148. The number of benzene rings is 1. The Bertz CT molecular complexity index is 735. The predicted octanol–water partition coefficient (Wildman–Crippen LogP) is 0.377. The number of nitrogens with one attached hydrogen (secondary N) is 1. The van der Waals surface area contributed by atoms with Crippen LogP contribution in [0.15, 0.2) is 29.2 Å². The van der Waals surface area contributed by atoms with Crippen molar-refractivity contribution in [2.24, 2.45) is 0 Å². The lowest BCUT2D eigenvalue weighted by atomic mass is 10.2. The molecule has 2 heterocycles. The molecule has 1 aromatic carbocycles. The van der Waals surface area contributed by atoms with Gasteiger partial charge in [0.25, 0.3) is 5.91 Å². The molecule has 0 aromatic heterocycles. The summed E-state index contributed by atoms with van der Waals surface area (Å²) in [6.45, 7) is 6.71. The molecule has 1 aromatic rings. The van der Waals surface area contributed by atoms with Gasteiger partial charge in [-0.3, -0.25) is 4.79 Å². The second-order valence-electron chi connectivity index (χ2n) is 7.53. The van der Waals surface area contributed by atoms with Crippen molar-refractivity contribution in [3.05, 3.63) is 24.3 Å². The lowest BCUT2D eigenvalue weighted by Gasteiger charge is -2.34. The van der Waals surface area contributed by atoms with Crippen LogP contribution in [0.1, 0.15) is 32.6 Å². The van der Waals surface area contributed by atoms with Crippen LogP contribution in [0.2, 0.25) is 0 Å². The van der Waals surface area contributed by atoms with Gasteiger partial charge in [0.1, 0.15) is 5.75 Å². The molecule has 2 fully saturated rings. The fraction of sp³-hybridized carbons (Fsp3) is 0.650. The van der Waals surface area contributed by atoms with Crippen LogP contribution < -0.4 is 9.64 Å². The molecule has 7 nitrogen and oxygen atoms in total. The summed E-state index contributed by atoms with van der Waals surface area (Å²) >= 11 is 0. The third-order valence-electron chi connectivity index (χ3n) is 5.58. The zero-order chi connectivity index (χ0) is 20.0. The zero-order valence-corrected chi connectivity index (χ0v) is 17.5. The number of piperazine rings is 1. The van der Waals surface area contributed by atoms with E-state index in [9.17, 15) is 13.2 Å². The molecule has 156 valence electrons. The molecule has 1 amide bonds. The molecule has 0 spiro atoms. The number of ether oxygens (including phenoxy) is 1. The van der Waals surface area contributed by atoms with Crippen LogP contribution in [-0.4, -0.2) is 76.0 Å². The Hall–Kier alpha value is -1.64. The molecule has 0 radical (unpaired) electrons. The minimum atomic E-state index is -3.54. The highest BCUT2D eigenvalue weighted by Gasteiger charge is 2.31. The Labute approximate surface area is 168 Å². The monoisotopic (exact) mass is 410 g/mol. The average molecular weight is 411 g/mol. The second kappa shape index (κ2) is 9.71. The van der Waals surface area contributed by atoms with Crippen LogP contribution in [0.5, 0.6) is 5.75 Å². The van der Waals surface area contributed by atoms with E-state index < -0.39 is 10.0 Å². The van der Waals surface area contributed by atoms with Crippen LogP contribution in [0.4, 0.5) is 0 Å². The standard InChI is InChI=1S/C20H31N3O4S/c1-2-27-18-7-9-19(10-8-18)28(25,26)23-15-13-22(14-16-23)20(24)17-21-11-5-3-4-6-12-21/h7-10H,2-6,11-17H2,1H3/p+1. The van der Waals surface area contributed by atoms with E-state index in [2.05, 4.69) is 0 Å². The van der Waals surface area contributed by atoms with E-state index in [0.717, 1.165) is 13.1 Å². The highest BCUT2D eigenvalue weighted by atomic mass is 32.2. The largest absolute Gasteiger partial charge is 0.494 e. The van der Waals surface area contributed by atoms with E-state index in [1.165, 1.54) is 34.9 Å². The molecule has 0 saturated carbocycles. The first-order chi connectivity index (χ1) is 13.5. The highest BCUT2D eigenvalue weighted by Crippen LogP contribution is 2.21. The molecule has 2 aliphatic rings.